The zero-order valence-electron chi connectivity index (χ0n) is 22.3. The average molecular weight is 690 g/mol. The van der Waals surface area contributed by atoms with Crippen LogP contribution < -0.4 is 0 Å². The molecule has 0 saturated carbocycles. The van der Waals surface area contributed by atoms with Crippen molar-refractivity contribution in [1.82, 2.24) is 9.55 Å². The number of aryl methyl sites for hydroxylation is 2. The van der Waals surface area contributed by atoms with Crippen molar-refractivity contribution in [2.45, 2.75) is 27.7 Å². The number of carbonyl (C=O) groups excluding carboxylic acids is 1. The van der Waals surface area contributed by atoms with E-state index in [1.807, 2.05) is 0 Å². The number of para-hydroxylation sites is 3. The minimum Gasteiger partial charge on any atom is -0.512 e. The van der Waals surface area contributed by atoms with Crippen LogP contribution in [0.5, 0.6) is 0 Å². The second kappa shape index (κ2) is 11.8. The zero-order valence-corrected chi connectivity index (χ0v) is 24.7. The summed E-state index contributed by atoms with van der Waals surface area (Å²) >= 11 is 0. The first-order valence-corrected chi connectivity index (χ1v) is 12.6. The minimum absolute atomic E-state index is 0. The van der Waals surface area contributed by atoms with Crippen LogP contribution in [0.3, 0.4) is 0 Å². The fourth-order valence-electron chi connectivity index (χ4n) is 5.04. The molecule has 0 aliphatic heterocycles. The largest absolute Gasteiger partial charge is 0.512 e. The van der Waals surface area contributed by atoms with E-state index in [9.17, 15) is 4.79 Å². The van der Waals surface area contributed by atoms with Crippen LogP contribution in [-0.2, 0) is 24.9 Å². The van der Waals surface area contributed by atoms with Crippen LogP contribution in [0.15, 0.2) is 103 Å². The number of hydrogen-bond acceptors (Lipinski definition) is 3. The van der Waals surface area contributed by atoms with Crippen LogP contribution in [-0.4, -0.2) is 20.4 Å². The Bertz CT molecular complexity index is 1810. The van der Waals surface area contributed by atoms with Crippen LogP contribution in [0, 0.1) is 19.9 Å². The predicted molar refractivity (Wildman–Crippen MR) is 157 cm³/mol. The van der Waals surface area contributed by atoms with Crippen molar-refractivity contribution in [2.75, 3.05) is 0 Å². The maximum Gasteiger partial charge on any atom is 0.155 e. The van der Waals surface area contributed by atoms with Gasteiger partial charge in [0.05, 0.1) is 22.3 Å². The van der Waals surface area contributed by atoms with Gasteiger partial charge in [0.25, 0.3) is 0 Å². The molecule has 197 valence electrons. The molecular formula is C34H29IrN2O2-. The number of aliphatic hydroxyl groups excluding tert-OH is 1. The van der Waals surface area contributed by atoms with Crippen molar-refractivity contribution < 1.29 is 30.0 Å². The van der Waals surface area contributed by atoms with Gasteiger partial charge < -0.3 is 9.67 Å². The van der Waals surface area contributed by atoms with E-state index in [-0.39, 0.29) is 31.6 Å². The van der Waals surface area contributed by atoms with E-state index in [1.165, 1.54) is 47.3 Å². The summed E-state index contributed by atoms with van der Waals surface area (Å²) in [7, 11) is 0. The maximum atomic E-state index is 10.0. The van der Waals surface area contributed by atoms with Crippen molar-refractivity contribution in [3.8, 4) is 16.9 Å². The first kappa shape index (κ1) is 28.0. The number of aliphatic hydroxyl groups is 1. The van der Waals surface area contributed by atoms with Crippen LogP contribution in [0.25, 0.3) is 49.7 Å². The SMILES string of the molecule is CC(=O)/C=C(/C)O.Cc1[c-]c(-c2nc3ccccc3c3c2c2ccccc2n3-c2ccccc2)cc(C)c1.[Ir]. The van der Waals surface area contributed by atoms with Gasteiger partial charge in [-0.3, -0.25) is 9.78 Å². The van der Waals surface area contributed by atoms with E-state index < -0.39 is 0 Å². The van der Waals surface area contributed by atoms with Crippen molar-refractivity contribution >= 4 is 38.5 Å². The normalized spacial score (nSPS) is 11.2. The molecule has 2 aromatic heterocycles. The number of fused-ring (bicyclic) bond motifs is 5. The van der Waals surface area contributed by atoms with Crippen molar-refractivity contribution in [3.63, 3.8) is 0 Å². The van der Waals surface area contributed by atoms with Gasteiger partial charge in [-0.25, -0.2) is 0 Å². The fraction of sp³-hybridized carbons (Fsp3) is 0.118. The first-order chi connectivity index (χ1) is 18.3. The minimum atomic E-state index is -0.125. The van der Waals surface area contributed by atoms with Crippen molar-refractivity contribution in [1.29, 1.82) is 0 Å². The van der Waals surface area contributed by atoms with E-state index in [1.54, 1.807) is 0 Å². The molecule has 0 amide bonds. The summed E-state index contributed by atoms with van der Waals surface area (Å²) in [4.78, 5) is 15.2. The number of rotatable bonds is 3. The Morgan fingerprint density at radius 1 is 0.872 bits per heavy atom. The summed E-state index contributed by atoms with van der Waals surface area (Å²) in [5.74, 6) is -0.0625. The van der Waals surface area contributed by atoms with Gasteiger partial charge in [0.2, 0.25) is 0 Å². The summed E-state index contributed by atoms with van der Waals surface area (Å²) in [6.45, 7) is 7.08. The Morgan fingerprint density at radius 3 is 2.15 bits per heavy atom. The van der Waals surface area contributed by atoms with Crippen molar-refractivity contribution in [2.24, 2.45) is 0 Å². The molecule has 0 atom stereocenters. The molecule has 0 spiro atoms. The van der Waals surface area contributed by atoms with Gasteiger partial charge in [0, 0.05) is 42.6 Å². The number of hydrogen-bond donors (Lipinski definition) is 1. The first-order valence-electron chi connectivity index (χ1n) is 12.6. The zero-order chi connectivity index (χ0) is 26.8. The third-order valence-corrected chi connectivity index (χ3v) is 6.33. The van der Waals surface area contributed by atoms with E-state index in [0.29, 0.717) is 0 Å². The van der Waals surface area contributed by atoms with Gasteiger partial charge in [0.15, 0.2) is 5.78 Å². The molecule has 6 rings (SSSR count). The van der Waals surface area contributed by atoms with Crippen molar-refractivity contribution in [3.05, 3.63) is 120 Å². The summed E-state index contributed by atoms with van der Waals surface area (Å²) in [5, 5.41) is 11.9. The Kier molecular flexibility index (Phi) is 8.44. The second-order valence-corrected chi connectivity index (χ2v) is 9.54. The second-order valence-electron chi connectivity index (χ2n) is 9.54. The quantitative estimate of drug-likeness (QED) is 0.115. The molecule has 0 saturated heterocycles. The number of nitrogens with zero attached hydrogens (tertiary/aromatic N) is 2. The molecule has 0 unspecified atom stereocenters. The maximum absolute atomic E-state index is 10.0. The Morgan fingerprint density at radius 2 is 1.51 bits per heavy atom. The molecule has 5 heteroatoms. The molecular weight excluding hydrogens is 661 g/mol. The molecule has 0 aliphatic carbocycles. The smallest absolute Gasteiger partial charge is 0.155 e. The van der Waals surface area contributed by atoms with Gasteiger partial charge in [-0.2, -0.15) is 0 Å². The predicted octanol–water partition coefficient (Wildman–Crippen LogP) is 8.45. The third kappa shape index (κ3) is 5.70. The Hall–Kier alpha value is -4.05. The van der Waals surface area contributed by atoms with Gasteiger partial charge in [0.1, 0.15) is 0 Å². The van der Waals surface area contributed by atoms with E-state index in [2.05, 4.69) is 115 Å². The fourth-order valence-corrected chi connectivity index (χ4v) is 5.04. The van der Waals surface area contributed by atoms with Gasteiger partial charge >= 0.3 is 0 Å². The number of allylic oxidation sites excluding steroid dienone is 2. The van der Waals surface area contributed by atoms with Crippen LogP contribution >= 0.6 is 0 Å². The Labute approximate surface area is 242 Å². The number of ketones is 1. The van der Waals surface area contributed by atoms with Crippen LogP contribution in [0.4, 0.5) is 0 Å². The number of benzene rings is 4. The standard InChI is InChI=1S/C29H21N2.C5H8O2.Ir/c1-19-16-20(2)18-21(17-19)28-27-24-13-7-9-15-26(24)31(22-10-4-3-5-11-22)29(27)23-12-6-8-14-25(23)30-28;1-4(6)3-5(2)7;/h3-17H,1-2H3;3,6H,1-2H3;/q-1;;/b;4-3-;. The molecule has 0 bridgehead atoms. The third-order valence-electron chi connectivity index (χ3n) is 6.33. The number of aromatic nitrogens is 2. The molecule has 2 heterocycles. The number of pyridine rings is 1. The monoisotopic (exact) mass is 690 g/mol. The van der Waals surface area contributed by atoms with E-state index >= 15 is 0 Å². The molecule has 4 nitrogen and oxygen atoms in total. The van der Waals surface area contributed by atoms with Crippen LogP contribution in [0.2, 0.25) is 0 Å². The van der Waals surface area contributed by atoms with Gasteiger partial charge in [-0.05, 0) is 49.2 Å². The summed E-state index contributed by atoms with van der Waals surface area (Å²) in [6.07, 6.45) is 1.17. The summed E-state index contributed by atoms with van der Waals surface area (Å²) < 4.78 is 2.38. The van der Waals surface area contributed by atoms with E-state index in [0.717, 1.165) is 33.4 Å². The molecule has 6 aromatic rings. The summed E-state index contributed by atoms with van der Waals surface area (Å²) in [6, 6.07) is 35.6. The number of carbonyl (C=O) groups is 1. The van der Waals surface area contributed by atoms with Gasteiger partial charge in [-0.15, -0.1) is 34.9 Å². The van der Waals surface area contributed by atoms with Gasteiger partial charge in [-0.1, -0.05) is 68.4 Å². The topological polar surface area (TPSA) is 55.1 Å². The average Bonchev–Trinajstić information content (AvgIpc) is 3.23. The Balaban J connectivity index is 0.000000394. The molecule has 1 N–H and O–H groups in total. The molecule has 0 aliphatic rings. The molecule has 4 aromatic carbocycles. The molecule has 39 heavy (non-hydrogen) atoms. The molecule has 0 fully saturated rings. The molecule has 1 radical (unpaired) electrons. The van der Waals surface area contributed by atoms with E-state index in [4.69, 9.17) is 10.1 Å². The summed E-state index contributed by atoms with van der Waals surface area (Å²) in [5.41, 5.74) is 8.92. The van der Waals surface area contributed by atoms with Crippen LogP contribution in [0.1, 0.15) is 25.0 Å².